The summed E-state index contributed by atoms with van der Waals surface area (Å²) in [6.07, 6.45) is 3.50. The fourth-order valence-electron chi connectivity index (χ4n) is 1.16. The number of aromatic nitrogens is 1. The van der Waals surface area contributed by atoms with Crippen molar-refractivity contribution in [3.05, 3.63) is 48.0 Å². The van der Waals surface area contributed by atoms with Gasteiger partial charge in [-0.2, -0.15) is 0 Å². The number of nitrogens with zero attached hydrogens (tertiary/aromatic N) is 1. The molecule has 2 aromatic heterocycles. The second-order valence-electron chi connectivity index (χ2n) is 3.15. The number of furan rings is 1. The molecule has 0 spiro atoms. The smallest absolute Gasteiger partial charge is 0.126 e. The van der Waals surface area contributed by atoms with Gasteiger partial charge in [-0.25, -0.2) is 4.98 Å². The molecule has 0 atom stereocenters. The van der Waals surface area contributed by atoms with Crippen LogP contribution >= 0.6 is 0 Å². The van der Waals surface area contributed by atoms with E-state index in [2.05, 4.69) is 10.3 Å². The van der Waals surface area contributed by atoms with Gasteiger partial charge in [-0.15, -0.1) is 0 Å². The maximum atomic E-state index is 5.19. The Kier molecular flexibility index (Phi) is 2.49. The lowest BCUT2D eigenvalue weighted by molar-refractivity contribution is 0.518. The van der Waals surface area contributed by atoms with Crippen LogP contribution < -0.4 is 5.32 Å². The van der Waals surface area contributed by atoms with E-state index in [1.54, 1.807) is 6.26 Å². The fraction of sp³-hybridized carbons (Fsp3) is 0.182. The fourth-order valence-corrected chi connectivity index (χ4v) is 1.16. The molecule has 0 amide bonds. The zero-order chi connectivity index (χ0) is 9.80. The Morgan fingerprint density at radius 3 is 2.93 bits per heavy atom. The number of pyridine rings is 1. The van der Waals surface area contributed by atoms with Gasteiger partial charge >= 0.3 is 0 Å². The maximum Gasteiger partial charge on any atom is 0.126 e. The molecule has 0 radical (unpaired) electrons. The van der Waals surface area contributed by atoms with Crippen LogP contribution in [0.1, 0.15) is 11.3 Å². The summed E-state index contributed by atoms with van der Waals surface area (Å²) in [5.74, 6) is 1.78. The van der Waals surface area contributed by atoms with Gasteiger partial charge in [-0.3, -0.25) is 0 Å². The van der Waals surface area contributed by atoms with Crippen molar-refractivity contribution in [1.82, 2.24) is 4.98 Å². The third kappa shape index (κ3) is 2.13. The molecule has 0 aliphatic heterocycles. The van der Waals surface area contributed by atoms with Crippen LogP contribution in [0.3, 0.4) is 0 Å². The molecule has 1 N–H and O–H groups in total. The second-order valence-corrected chi connectivity index (χ2v) is 3.15. The van der Waals surface area contributed by atoms with Gasteiger partial charge in [0.1, 0.15) is 11.6 Å². The van der Waals surface area contributed by atoms with Crippen molar-refractivity contribution >= 4 is 5.82 Å². The van der Waals surface area contributed by atoms with Crippen LogP contribution in [0.2, 0.25) is 0 Å². The van der Waals surface area contributed by atoms with E-state index in [0.29, 0.717) is 6.54 Å². The SMILES string of the molecule is Cc1ccc(NCc2ccco2)nc1. The number of rotatable bonds is 3. The summed E-state index contributed by atoms with van der Waals surface area (Å²) in [6, 6.07) is 7.79. The predicted molar refractivity (Wildman–Crippen MR) is 55.0 cm³/mol. The Balaban J connectivity index is 1.95. The monoisotopic (exact) mass is 188 g/mol. The van der Waals surface area contributed by atoms with E-state index >= 15 is 0 Å². The molecule has 0 fully saturated rings. The van der Waals surface area contributed by atoms with Gasteiger partial charge in [-0.05, 0) is 30.7 Å². The van der Waals surface area contributed by atoms with Crippen molar-refractivity contribution in [2.45, 2.75) is 13.5 Å². The Morgan fingerprint density at radius 1 is 1.36 bits per heavy atom. The molecule has 72 valence electrons. The molecule has 2 rings (SSSR count). The van der Waals surface area contributed by atoms with E-state index < -0.39 is 0 Å². The van der Waals surface area contributed by atoms with Crippen LogP contribution in [0.4, 0.5) is 5.82 Å². The van der Waals surface area contributed by atoms with Gasteiger partial charge in [0.2, 0.25) is 0 Å². The molecule has 0 saturated carbocycles. The minimum Gasteiger partial charge on any atom is -0.467 e. The largest absolute Gasteiger partial charge is 0.467 e. The zero-order valence-electron chi connectivity index (χ0n) is 8.03. The predicted octanol–water partition coefficient (Wildman–Crippen LogP) is 2.60. The van der Waals surface area contributed by atoms with Gasteiger partial charge in [0.15, 0.2) is 0 Å². The van der Waals surface area contributed by atoms with E-state index in [1.807, 2.05) is 37.4 Å². The summed E-state index contributed by atoms with van der Waals surface area (Å²) in [7, 11) is 0. The minimum absolute atomic E-state index is 0.670. The third-order valence-electron chi connectivity index (χ3n) is 1.94. The van der Waals surface area contributed by atoms with Crippen LogP contribution in [0.15, 0.2) is 41.1 Å². The minimum atomic E-state index is 0.670. The first-order chi connectivity index (χ1) is 6.84. The number of hydrogen-bond acceptors (Lipinski definition) is 3. The number of aryl methyl sites for hydroxylation is 1. The lowest BCUT2D eigenvalue weighted by atomic mass is 10.3. The van der Waals surface area contributed by atoms with E-state index in [0.717, 1.165) is 17.1 Å². The highest BCUT2D eigenvalue weighted by molar-refractivity contribution is 5.35. The van der Waals surface area contributed by atoms with Crippen LogP contribution in [-0.4, -0.2) is 4.98 Å². The van der Waals surface area contributed by atoms with Crippen LogP contribution in [0.5, 0.6) is 0 Å². The first-order valence-corrected chi connectivity index (χ1v) is 4.53. The Labute approximate surface area is 82.8 Å². The normalized spacial score (nSPS) is 10.1. The molecule has 3 heteroatoms. The molecule has 2 aromatic rings. The number of anilines is 1. The van der Waals surface area contributed by atoms with Gasteiger partial charge in [0.25, 0.3) is 0 Å². The first kappa shape index (κ1) is 8.81. The molecular formula is C11H12N2O. The van der Waals surface area contributed by atoms with Gasteiger partial charge in [0, 0.05) is 6.20 Å². The summed E-state index contributed by atoms with van der Waals surface area (Å²) in [5, 5.41) is 3.17. The molecule has 0 aliphatic rings. The maximum absolute atomic E-state index is 5.19. The highest BCUT2D eigenvalue weighted by atomic mass is 16.3. The Morgan fingerprint density at radius 2 is 2.29 bits per heavy atom. The highest BCUT2D eigenvalue weighted by Crippen LogP contribution is 2.07. The van der Waals surface area contributed by atoms with Gasteiger partial charge in [0.05, 0.1) is 12.8 Å². The zero-order valence-corrected chi connectivity index (χ0v) is 8.03. The van der Waals surface area contributed by atoms with Crippen molar-refractivity contribution in [1.29, 1.82) is 0 Å². The van der Waals surface area contributed by atoms with Crippen molar-refractivity contribution < 1.29 is 4.42 Å². The lowest BCUT2D eigenvalue weighted by Crippen LogP contribution is -1.99. The van der Waals surface area contributed by atoms with Crippen molar-refractivity contribution in [3.8, 4) is 0 Å². The lowest BCUT2D eigenvalue weighted by Gasteiger charge is -2.02. The van der Waals surface area contributed by atoms with E-state index in [9.17, 15) is 0 Å². The highest BCUT2D eigenvalue weighted by Gasteiger charge is 1.96. The topological polar surface area (TPSA) is 38.1 Å². The van der Waals surface area contributed by atoms with Crippen molar-refractivity contribution in [2.75, 3.05) is 5.32 Å². The van der Waals surface area contributed by atoms with Crippen LogP contribution in [-0.2, 0) is 6.54 Å². The molecule has 0 aliphatic carbocycles. The Hall–Kier alpha value is -1.77. The van der Waals surface area contributed by atoms with Gasteiger partial charge < -0.3 is 9.73 Å². The first-order valence-electron chi connectivity index (χ1n) is 4.53. The molecule has 3 nitrogen and oxygen atoms in total. The second kappa shape index (κ2) is 3.96. The summed E-state index contributed by atoms with van der Waals surface area (Å²) in [4.78, 5) is 4.22. The quantitative estimate of drug-likeness (QED) is 0.804. The molecule has 0 unspecified atom stereocenters. The molecule has 14 heavy (non-hydrogen) atoms. The van der Waals surface area contributed by atoms with Crippen LogP contribution in [0.25, 0.3) is 0 Å². The van der Waals surface area contributed by atoms with Crippen LogP contribution in [0, 0.1) is 6.92 Å². The van der Waals surface area contributed by atoms with Crippen molar-refractivity contribution in [2.24, 2.45) is 0 Å². The summed E-state index contributed by atoms with van der Waals surface area (Å²) in [5.41, 5.74) is 1.16. The van der Waals surface area contributed by atoms with Gasteiger partial charge in [-0.1, -0.05) is 6.07 Å². The molecular weight excluding hydrogens is 176 g/mol. The standard InChI is InChI=1S/C11H12N2O/c1-9-4-5-11(12-7-9)13-8-10-3-2-6-14-10/h2-7H,8H2,1H3,(H,12,13). The molecule has 0 saturated heterocycles. The molecule has 2 heterocycles. The van der Waals surface area contributed by atoms with Crippen molar-refractivity contribution in [3.63, 3.8) is 0 Å². The van der Waals surface area contributed by atoms with E-state index in [1.165, 1.54) is 0 Å². The van der Waals surface area contributed by atoms with E-state index in [4.69, 9.17) is 4.42 Å². The third-order valence-corrected chi connectivity index (χ3v) is 1.94. The number of hydrogen-bond donors (Lipinski definition) is 1. The summed E-state index contributed by atoms with van der Waals surface area (Å²) >= 11 is 0. The average Bonchev–Trinajstić information content (AvgIpc) is 2.70. The average molecular weight is 188 g/mol. The number of nitrogens with one attached hydrogen (secondary N) is 1. The molecule has 0 aromatic carbocycles. The summed E-state index contributed by atoms with van der Waals surface area (Å²) < 4.78 is 5.19. The van der Waals surface area contributed by atoms with E-state index in [-0.39, 0.29) is 0 Å². The Bertz CT molecular complexity index is 378. The molecule has 0 bridgehead atoms. The summed E-state index contributed by atoms with van der Waals surface area (Å²) in [6.45, 7) is 2.69.